The lowest BCUT2D eigenvalue weighted by Gasteiger charge is -2.27. The molecule has 2 heterocycles. The van der Waals surface area contributed by atoms with Crippen LogP contribution in [-0.4, -0.2) is 53.9 Å². The second-order valence-corrected chi connectivity index (χ2v) is 8.73. The minimum absolute atomic E-state index is 0.0666. The predicted molar refractivity (Wildman–Crippen MR) is 126 cm³/mol. The number of carbonyl (C=O) groups excluding carboxylic acids is 2. The lowest BCUT2D eigenvalue weighted by molar-refractivity contribution is -0.132. The third-order valence-electron chi connectivity index (χ3n) is 4.86. The molecule has 2 amide bonds. The van der Waals surface area contributed by atoms with E-state index in [0.29, 0.717) is 41.9 Å². The highest BCUT2D eigenvalue weighted by Gasteiger charge is 2.34. The van der Waals surface area contributed by atoms with Crippen LogP contribution in [0.25, 0.3) is 6.08 Å². The number of para-hydroxylation sites is 1. The maximum Gasteiger partial charge on any atom is 0.283 e. The predicted octanol–water partition coefficient (Wildman–Crippen LogP) is 4.47. The number of morpholine rings is 1. The molecule has 1 fully saturated rings. The van der Waals surface area contributed by atoms with Crippen molar-refractivity contribution in [2.24, 2.45) is 4.99 Å². The minimum atomic E-state index is -0.565. The smallest absolute Gasteiger partial charge is 0.283 e. The molecule has 0 aromatic heterocycles. The van der Waals surface area contributed by atoms with Crippen molar-refractivity contribution in [1.82, 2.24) is 4.90 Å². The second-order valence-electron chi connectivity index (χ2n) is 6.97. The number of hydrogen-bond acceptors (Lipinski definition) is 5. The average molecular weight is 494 g/mol. The summed E-state index contributed by atoms with van der Waals surface area (Å²) in [6.07, 6.45) is 1.55. The second kappa shape index (κ2) is 10.0. The molecule has 0 radical (unpaired) electrons. The van der Waals surface area contributed by atoms with Crippen molar-refractivity contribution in [3.8, 4) is 0 Å². The first kappa shape index (κ1) is 22.8. The van der Waals surface area contributed by atoms with Crippen molar-refractivity contribution in [3.63, 3.8) is 0 Å². The van der Waals surface area contributed by atoms with Crippen LogP contribution in [0, 0.1) is 5.82 Å². The van der Waals surface area contributed by atoms with Gasteiger partial charge in [0.2, 0.25) is 5.91 Å². The molecule has 0 aliphatic carbocycles. The van der Waals surface area contributed by atoms with Crippen LogP contribution in [0.4, 0.5) is 10.1 Å². The highest BCUT2D eigenvalue weighted by atomic mass is 35.5. The number of nitrogens with zero attached hydrogens (tertiary/aromatic N) is 3. The summed E-state index contributed by atoms with van der Waals surface area (Å²) in [5.41, 5.74) is 0.795. The Morgan fingerprint density at radius 1 is 1.16 bits per heavy atom. The maximum absolute atomic E-state index is 14.5. The monoisotopic (exact) mass is 493 g/mol. The van der Waals surface area contributed by atoms with Gasteiger partial charge in [0.1, 0.15) is 11.5 Å². The molecule has 6 nitrogen and oxygen atoms in total. The third kappa shape index (κ3) is 4.99. The minimum Gasteiger partial charge on any atom is -0.378 e. The van der Waals surface area contributed by atoms with Crippen LogP contribution in [0.15, 0.2) is 53.2 Å². The van der Waals surface area contributed by atoms with Crippen molar-refractivity contribution < 1.29 is 18.7 Å². The molecule has 2 aliphatic heterocycles. The van der Waals surface area contributed by atoms with Crippen LogP contribution >= 0.6 is 35.0 Å². The van der Waals surface area contributed by atoms with Crippen molar-refractivity contribution in [3.05, 3.63) is 69.6 Å². The standard InChI is InChI=1S/C22H18Cl2FN3O3S/c23-15-6-5-14(11-16(15)24)12-18-21(30)28(19-4-2-1-3-17(19)25)22(26-18)32-13-20(29)27-7-9-31-10-8-27/h1-6,11-12H,7-10,13H2. The number of rotatable bonds is 4. The van der Waals surface area contributed by atoms with Gasteiger partial charge in [-0.25, -0.2) is 9.38 Å². The Hall–Kier alpha value is -2.39. The fourth-order valence-electron chi connectivity index (χ4n) is 3.23. The van der Waals surface area contributed by atoms with Crippen LogP contribution in [0.2, 0.25) is 10.0 Å². The molecule has 166 valence electrons. The number of halogens is 3. The molecule has 2 aromatic carbocycles. The van der Waals surface area contributed by atoms with Gasteiger partial charge in [-0.05, 0) is 35.9 Å². The van der Waals surface area contributed by atoms with Gasteiger partial charge in [0.25, 0.3) is 5.91 Å². The van der Waals surface area contributed by atoms with E-state index in [1.54, 1.807) is 35.2 Å². The van der Waals surface area contributed by atoms with Crippen LogP contribution in [0.5, 0.6) is 0 Å². The Labute approximate surface area is 198 Å². The zero-order valence-corrected chi connectivity index (χ0v) is 19.1. The SMILES string of the molecule is O=C(CSC1=NC(=Cc2ccc(Cl)c(Cl)c2)C(=O)N1c1ccccc1F)N1CCOCC1. The molecular weight excluding hydrogens is 476 g/mol. The molecule has 2 aromatic rings. The van der Waals surface area contributed by atoms with Gasteiger partial charge in [-0.1, -0.05) is 53.2 Å². The highest BCUT2D eigenvalue weighted by molar-refractivity contribution is 8.14. The van der Waals surface area contributed by atoms with E-state index in [1.165, 1.54) is 23.1 Å². The summed E-state index contributed by atoms with van der Waals surface area (Å²) < 4.78 is 19.8. The number of hydrogen-bond donors (Lipinski definition) is 0. The van der Waals surface area contributed by atoms with E-state index in [1.807, 2.05) is 0 Å². The summed E-state index contributed by atoms with van der Waals surface area (Å²) in [5, 5.41) is 0.959. The molecule has 0 unspecified atom stereocenters. The number of carbonyl (C=O) groups is 2. The van der Waals surface area contributed by atoms with Crippen molar-refractivity contribution in [2.45, 2.75) is 0 Å². The maximum atomic E-state index is 14.5. The first-order valence-corrected chi connectivity index (χ1v) is 11.5. The van der Waals surface area contributed by atoms with Crippen molar-refractivity contribution in [2.75, 3.05) is 37.0 Å². The first-order valence-electron chi connectivity index (χ1n) is 9.77. The summed E-state index contributed by atoms with van der Waals surface area (Å²) in [6.45, 7) is 2.02. The van der Waals surface area contributed by atoms with E-state index < -0.39 is 11.7 Å². The zero-order valence-electron chi connectivity index (χ0n) is 16.8. The zero-order chi connectivity index (χ0) is 22.7. The molecule has 2 aliphatic rings. The van der Waals surface area contributed by atoms with E-state index >= 15 is 0 Å². The summed E-state index contributed by atoms with van der Waals surface area (Å²) in [7, 11) is 0. The topological polar surface area (TPSA) is 62.2 Å². The number of anilines is 1. The Morgan fingerprint density at radius 3 is 2.62 bits per heavy atom. The van der Waals surface area contributed by atoms with E-state index in [9.17, 15) is 14.0 Å². The van der Waals surface area contributed by atoms with E-state index in [4.69, 9.17) is 27.9 Å². The van der Waals surface area contributed by atoms with Crippen LogP contribution in [-0.2, 0) is 14.3 Å². The molecule has 0 bridgehead atoms. The summed E-state index contributed by atoms with van der Waals surface area (Å²) in [6, 6.07) is 10.9. The van der Waals surface area contributed by atoms with Crippen LogP contribution < -0.4 is 4.90 Å². The van der Waals surface area contributed by atoms with Gasteiger partial charge in [0.15, 0.2) is 5.17 Å². The van der Waals surface area contributed by atoms with Crippen LogP contribution in [0.3, 0.4) is 0 Å². The fraction of sp³-hybridized carbons (Fsp3) is 0.227. The van der Waals surface area contributed by atoms with Gasteiger partial charge < -0.3 is 9.64 Å². The Balaban J connectivity index is 1.62. The van der Waals surface area contributed by atoms with Gasteiger partial charge in [-0.3, -0.25) is 14.5 Å². The summed E-state index contributed by atoms with van der Waals surface area (Å²) in [4.78, 5) is 33.0. The molecule has 1 saturated heterocycles. The van der Waals surface area contributed by atoms with E-state index in [0.717, 1.165) is 11.8 Å². The lowest BCUT2D eigenvalue weighted by Crippen LogP contribution is -2.42. The molecule has 0 saturated carbocycles. The molecule has 4 rings (SSSR count). The van der Waals surface area contributed by atoms with Crippen LogP contribution in [0.1, 0.15) is 5.56 Å². The van der Waals surface area contributed by atoms with Gasteiger partial charge in [0, 0.05) is 13.1 Å². The van der Waals surface area contributed by atoms with Gasteiger partial charge in [0.05, 0.1) is 34.7 Å². The van der Waals surface area contributed by atoms with Gasteiger partial charge >= 0.3 is 0 Å². The highest BCUT2D eigenvalue weighted by Crippen LogP contribution is 2.32. The number of amidine groups is 1. The molecular formula is C22H18Cl2FN3O3S. The van der Waals surface area contributed by atoms with Crippen molar-refractivity contribution in [1.29, 1.82) is 0 Å². The quantitative estimate of drug-likeness (QED) is 0.589. The molecule has 0 N–H and O–H groups in total. The number of thioether (sulfide) groups is 1. The fourth-order valence-corrected chi connectivity index (χ4v) is 4.44. The number of benzene rings is 2. The first-order chi connectivity index (χ1) is 15.4. The number of ether oxygens (including phenoxy) is 1. The van der Waals surface area contributed by atoms with E-state index in [2.05, 4.69) is 4.99 Å². The van der Waals surface area contributed by atoms with Gasteiger partial charge in [-0.15, -0.1) is 0 Å². The number of aliphatic imine (C=N–C) groups is 1. The van der Waals surface area contributed by atoms with E-state index in [-0.39, 0.29) is 28.2 Å². The number of amides is 2. The normalized spacial score (nSPS) is 17.8. The molecule has 0 spiro atoms. The molecule has 0 atom stereocenters. The Bertz CT molecular complexity index is 1120. The summed E-state index contributed by atoms with van der Waals surface area (Å²) >= 11 is 13.1. The van der Waals surface area contributed by atoms with Crippen molar-refractivity contribution >= 4 is 63.7 Å². The Kier molecular flexibility index (Phi) is 7.15. The lowest BCUT2D eigenvalue weighted by atomic mass is 10.2. The third-order valence-corrected chi connectivity index (χ3v) is 6.52. The Morgan fingerprint density at radius 2 is 1.91 bits per heavy atom. The average Bonchev–Trinajstić information content (AvgIpc) is 3.10. The molecule has 32 heavy (non-hydrogen) atoms. The largest absolute Gasteiger partial charge is 0.378 e. The summed E-state index contributed by atoms with van der Waals surface area (Å²) in [5.74, 6) is -1.09. The molecule has 10 heteroatoms. The van der Waals surface area contributed by atoms with Gasteiger partial charge in [-0.2, -0.15) is 0 Å².